The molecule has 1 heterocycles. The molecule has 1 fully saturated rings. The number of hydrogen-bond acceptors (Lipinski definition) is 2. The maximum atomic E-state index is 12.6. The molecule has 0 aromatic rings. The zero-order valence-electron chi connectivity index (χ0n) is 5.81. The van der Waals surface area contributed by atoms with E-state index in [9.17, 15) is 13.6 Å². The van der Waals surface area contributed by atoms with Crippen LogP contribution in [0.5, 0.6) is 0 Å². The van der Waals surface area contributed by atoms with Crippen molar-refractivity contribution in [3.63, 3.8) is 0 Å². The lowest BCUT2D eigenvalue weighted by molar-refractivity contribution is -0.172. The van der Waals surface area contributed by atoms with Crippen molar-refractivity contribution in [1.29, 1.82) is 0 Å². The second-order valence-corrected chi connectivity index (χ2v) is 2.62. The average molecular weight is 165 g/mol. The van der Waals surface area contributed by atoms with Gasteiger partial charge in [-0.1, -0.05) is 0 Å². The van der Waals surface area contributed by atoms with Gasteiger partial charge in [-0.25, -0.2) is 4.79 Å². The zero-order chi connectivity index (χ0) is 8.48. The topological polar surface area (TPSA) is 49.3 Å². The minimum absolute atomic E-state index is 0.0965. The fraction of sp³-hybridized carbons (Fsp3) is 0.833. The van der Waals surface area contributed by atoms with Crippen LogP contribution in [0.2, 0.25) is 0 Å². The van der Waals surface area contributed by atoms with Crippen LogP contribution in [0.25, 0.3) is 0 Å². The largest absolute Gasteiger partial charge is 0.477 e. The van der Waals surface area contributed by atoms with E-state index in [4.69, 9.17) is 5.11 Å². The van der Waals surface area contributed by atoms with E-state index in [1.165, 1.54) is 0 Å². The molecular weight excluding hydrogens is 156 g/mol. The molecule has 2 N–H and O–H groups in total. The first-order valence-electron chi connectivity index (χ1n) is 3.37. The summed E-state index contributed by atoms with van der Waals surface area (Å²) in [5.74, 6) is -6.63. The van der Waals surface area contributed by atoms with Crippen molar-refractivity contribution >= 4 is 5.97 Å². The number of halogens is 2. The first-order valence-corrected chi connectivity index (χ1v) is 3.37. The standard InChI is InChI=1S/C6H9F2NO2/c7-6(8,5(10)11)4-1-2-9-3-4/h4,9H,1-3H2,(H,10,11). The Labute approximate surface area is 62.4 Å². The maximum Gasteiger partial charge on any atom is 0.374 e. The number of rotatable bonds is 2. The average Bonchev–Trinajstić information content (AvgIpc) is 2.37. The van der Waals surface area contributed by atoms with Crippen molar-refractivity contribution in [3.05, 3.63) is 0 Å². The molecule has 1 unspecified atom stereocenters. The van der Waals surface area contributed by atoms with Crippen molar-refractivity contribution in [1.82, 2.24) is 5.32 Å². The second-order valence-electron chi connectivity index (χ2n) is 2.62. The van der Waals surface area contributed by atoms with Gasteiger partial charge in [0.1, 0.15) is 0 Å². The number of carboxylic acid groups (broad SMARTS) is 1. The van der Waals surface area contributed by atoms with Crippen LogP contribution in [-0.4, -0.2) is 30.1 Å². The molecule has 5 heteroatoms. The summed E-state index contributed by atoms with van der Waals surface area (Å²) in [6, 6.07) is 0. The molecule has 0 radical (unpaired) electrons. The second kappa shape index (κ2) is 2.73. The molecule has 3 nitrogen and oxygen atoms in total. The SMILES string of the molecule is O=C(O)C(F)(F)C1CCNC1. The lowest BCUT2D eigenvalue weighted by atomic mass is 10.0. The van der Waals surface area contributed by atoms with E-state index in [0.717, 1.165) is 0 Å². The minimum atomic E-state index is -3.57. The maximum absolute atomic E-state index is 12.6. The Hall–Kier alpha value is -0.710. The fourth-order valence-electron chi connectivity index (χ4n) is 1.14. The summed E-state index contributed by atoms with van der Waals surface area (Å²) >= 11 is 0. The van der Waals surface area contributed by atoms with Gasteiger partial charge in [-0.3, -0.25) is 0 Å². The van der Waals surface area contributed by atoms with Crippen LogP contribution in [0.15, 0.2) is 0 Å². The third-order valence-electron chi connectivity index (χ3n) is 1.86. The molecule has 1 saturated heterocycles. The van der Waals surface area contributed by atoms with Gasteiger partial charge in [-0.05, 0) is 13.0 Å². The monoisotopic (exact) mass is 165 g/mol. The van der Waals surface area contributed by atoms with Gasteiger partial charge in [-0.15, -0.1) is 0 Å². The quantitative estimate of drug-likeness (QED) is 0.619. The van der Waals surface area contributed by atoms with Gasteiger partial charge in [0.05, 0.1) is 0 Å². The summed E-state index contributed by atoms with van der Waals surface area (Å²) in [7, 11) is 0. The molecule has 1 aliphatic heterocycles. The fourth-order valence-corrected chi connectivity index (χ4v) is 1.14. The molecule has 0 aliphatic carbocycles. The Morgan fingerprint density at radius 2 is 2.27 bits per heavy atom. The van der Waals surface area contributed by atoms with Gasteiger partial charge in [0, 0.05) is 12.5 Å². The molecule has 11 heavy (non-hydrogen) atoms. The highest BCUT2D eigenvalue weighted by atomic mass is 19.3. The number of carbonyl (C=O) groups is 1. The number of carboxylic acids is 1. The lowest BCUT2D eigenvalue weighted by Crippen LogP contribution is -2.38. The number of aliphatic carboxylic acids is 1. The van der Waals surface area contributed by atoms with E-state index < -0.39 is 17.8 Å². The molecule has 0 aromatic carbocycles. The predicted octanol–water partition coefficient (Wildman–Crippen LogP) is 0.316. The van der Waals surface area contributed by atoms with E-state index in [0.29, 0.717) is 6.54 Å². The Morgan fingerprint density at radius 3 is 2.64 bits per heavy atom. The predicted molar refractivity (Wildman–Crippen MR) is 33.6 cm³/mol. The van der Waals surface area contributed by atoms with E-state index >= 15 is 0 Å². The van der Waals surface area contributed by atoms with Gasteiger partial charge in [0.25, 0.3) is 0 Å². The highest BCUT2D eigenvalue weighted by Crippen LogP contribution is 2.29. The molecule has 0 amide bonds. The van der Waals surface area contributed by atoms with Gasteiger partial charge in [0.15, 0.2) is 0 Å². The molecule has 0 aromatic heterocycles. The normalized spacial score (nSPS) is 25.5. The Bertz CT molecular complexity index is 166. The van der Waals surface area contributed by atoms with Gasteiger partial charge < -0.3 is 10.4 Å². The summed E-state index contributed by atoms with van der Waals surface area (Å²) < 4.78 is 25.2. The molecule has 0 spiro atoms. The number of alkyl halides is 2. The van der Waals surface area contributed by atoms with Crippen molar-refractivity contribution in [2.45, 2.75) is 12.3 Å². The van der Waals surface area contributed by atoms with Crippen molar-refractivity contribution < 1.29 is 18.7 Å². The highest BCUT2D eigenvalue weighted by molar-refractivity contribution is 5.75. The number of nitrogens with one attached hydrogen (secondary N) is 1. The van der Waals surface area contributed by atoms with Crippen LogP contribution in [0, 0.1) is 5.92 Å². The Kier molecular flexibility index (Phi) is 2.08. The number of hydrogen-bond donors (Lipinski definition) is 2. The summed E-state index contributed by atoms with van der Waals surface area (Å²) in [6.45, 7) is 0.576. The van der Waals surface area contributed by atoms with E-state index in [1.807, 2.05) is 0 Å². The summed E-state index contributed by atoms with van der Waals surface area (Å²) in [5.41, 5.74) is 0. The molecular formula is C6H9F2NO2. The molecule has 0 saturated carbocycles. The third kappa shape index (κ3) is 1.48. The molecule has 0 bridgehead atoms. The van der Waals surface area contributed by atoms with Crippen molar-refractivity contribution in [3.8, 4) is 0 Å². The first-order chi connectivity index (χ1) is 5.05. The molecule has 1 atom stereocenters. The first kappa shape index (κ1) is 8.39. The van der Waals surface area contributed by atoms with Gasteiger partial charge in [-0.2, -0.15) is 8.78 Å². The smallest absolute Gasteiger partial charge is 0.374 e. The Balaban J connectivity index is 2.62. The molecule has 64 valence electrons. The molecule has 1 aliphatic rings. The summed E-state index contributed by atoms with van der Waals surface area (Å²) in [4.78, 5) is 10.0. The van der Waals surface area contributed by atoms with Crippen LogP contribution in [-0.2, 0) is 4.79 Å². The van der Waals surface area contributed by atoms with Crippen LogP contribution in [0.4, 0.5) is 8.78 Å². The van der Waals surface area contributed by atoms with E-state index in [2.05, 4.69) is 5.32 Å². The Morgan fingerprint density at radius 1 is 1.64 bits per heavy atom. The van der Waals surface area contributed by atoms with Crippen LogP contribution < -0.4 is 5.32 Å². The zero-order valence-corrected chi connectivity index (χ0v) is 5.81. The van der Waals surface area contributed by atoms with Crippen molar-refractivity contribution in [2.24, 2.45) is 5.92 Å². The third-order valence-corrected chi connectivity index (χ3v) is 1.86. The molecule has 1 rings (SSSR count). The van der Waals surface area contributed by atoms with Crippen molar-refractivity contribution in [2.75, 3.05) is 13.1 Å². The summed E-state index contributed by atoms with van der Waals surface area (Å²) in [5, 5.41) is 10.8. The van der Waals surface area contributed by atoms with E-state index in [-0.39, 0.29) is 13.0 Å². The summed E-state index contributed by atoms with van der Waals surface area (Å²) in [6.07, 6.45) is 0.235. The van der Waals surface area contributed by atoms with Crippen LogP contribution >= 0.6 is 0 Å². The van der Waals surface area contributed by atoms with Gasteiger partial charge >= 0.3 is 11.9 Å². The van der Waals surface area contributed by atoms with Gasteiger partial charge in [0.2, 0.25) is 0 Å². The van der Waals surface area contributed by atoms with E-state index in [1.54, 1.807) is 0 Å². The minimum Gasteiger partial charge on any atom is -0.477 e. The van der Waals surface area contributed by atoms with Crippen LogP contribution in [0.3, 0.4) is 0 Å². The lowest BCUT2D eigenvalue weighted by Gasteiger charge is -2.16. The highest BCUT2D eigenvalue weighted by Gasteiger charge is 2.48. The van der Waals surface area contributed by atoms with Crippen LogP contribution in [0.1, 0.15) is 6.42 Å².